The van der Waals surface area contributed by atoms with Gasteiger partial charge in [-0.1, -0.05) is 0 Å². The molecule has 0 spiro atoms. The van der Waals surface area contributed by atoms with Crippen molar-refractivity contribution in [1.29, 1.82) is 0 Å². The number of halogens is 2. The van der Waals surface area contributed by atoms with E-state index >= 15 is 4.39 Å². The number of hydrogen-bond acceptors (Lipinski definition) is 6. The van der Waals surface area contributed by atoms with Gasteiger partial charge < -0.3 is 14.7 Å². The fourth-order valence-corrected chi connectivity index (χ4v) is 5.64. The van der Waals surface area contributed by atoms with Gasteiger partial charge in [-0.2, -0.15) is 0 Å². The van der Waals surface area contributed by atoms with E-state index in [1.165, 1.54) is 17.8 Å². The summed E-state index contributed by atoms with van der Waals surface area (Å²) in [6.07, 6.45) is 4.21. The molecule has 3 aromatic rings. The number of thioether (sulfide) groups is 1. The second-order valence-electron chi connectivity index (χ2n) is 8.76. The van der Waals surface area contributed by atoms with Crippen molar-refractivity contribution in [2.45, 2.75) is 30.5 Å². The number of pyridine rings is 2. The summed E-state index contributed by atoms with van der Waals surface area (Å²) in [7, 11) is 1.60. The Morgan fingerprint density at radius 2 is 2.09 bits per heavy atom. The molecule has 1 saturated heterocycles. The topological polar surface area (TPSA) is 58.5 Å². The van der Waals surface area contributed by atoms with E-state index in [0.29, 0.717) is 22.8 Å². The van der Waals surface area contributed by atoms with Crippen molar-refractivity contribution in [3.05, 3.63) is 60.2 Å². The normalized spacial score (nSPS) is 19.9. The van der Waals surface area contributed by atoms with Gasteiger partial charge in [0.05, 0.1) is 12.6 Å². The van der Waals surface area contributed by atoms with Gasteiger partial charge in [0.1, 0.15) is 16.9 Å². The minimum atomic E-state index is -1.10. The molecule has 1 aliphatic heterocycles. The number of fused-ring (bicyclic) bond motifs is 1. The zero-order chi connectivity index (χ0) is 23.9. The van der Waals surface area contributed by atoms with Gasteiger partial charge in [-0.3, -0.25) is 4.98 Å². The zero-order valence-corrected chi connectivity index (χ0v) is 20.2. The molecule has 0 aliphatic carbocycles. The lowest BCUT2D eigenvalue weighted by Crippen LogP contribution is -2.43. The first kappa shape index (κ1) is 24.8. The molecule has 0 bridgehead atoms. The first-order valence-corrected chi connectivity index (χ1v) is 12.7. The van der Waals surface area contributed by atoms with E-state index in [9.17, 15) is 9.50 Å². The van der Waals surface area contributed by atoms with Crippen LogP contribution in [0.1, 0.15) is 31.0 Å². The quantitative estimate of drug-likeness (QED) is 0.392. The maximum absolute atomic E-state index is 15.3. The number of methoxy groups -OCH3 is 1. The highest BCUT2D eigenvalue weighted by Crippen LogP contribution is 2.35. The van der Waals surface area contributed by atoms with Crippen molar-refractivity contribution < 1.29 is 18.6 Å². The number of likely N-dealkylation sites (tertiary alicyclic amines) is 1. The number of aliphatic hydroxyl groups excluding tert-OH is 1. The van der Waals surface area contributed by atoms with Crippen LogP contribution in [0.4, 0.5) is 8.78 Å². The van der Waals surface area contributed by atoms with Crippen molar-refractivity contribution in [2.75, 3.05) is 39.1 Å². The molecule has 1 aromatic carbocycles. The first-order valence-electron chi connectivity index (χ1n) is 11.7. The molecule has 0 amide bonds. The molecule has 0 radical (unpaired) electrons. The Hall–Kier alpha value is -2.29. The van der Waals surface area contributed by atoms with Crippen LogP contribution in [0.15, 0.2) is 53.8 Å². The minimum absolute atomic E-state index is 0.0928. The van der Waals surface area contributed by atoms with Gasteiger partial charge in [-0.05, 0) is 79.6 Å². The fraction of sp³-hybridized carbons (Fsp3) is 0.462. The summed E-state index contributed by atoms with van der Waals surface area (Å²) in [6.45, 7) is 2.58. The van der Waals surface area contributed by atoms with Crippen molar-refractivity contribution in [3.63, 3.8) is 0 Å². The number of aliphatic hydroxyl groups is 1. The summed E-state index contributed by atoms with van der Waals surface area (Å²) in [5.74, 6) is 1.53. The van der Waals surface area contributed by atoms with E-state index in [-0.39, 0.29) is 24.3 Å². The summed E-state index contributed by atoms with van der Waals surface area (Å²) < 4.78 is 34.4. The first-order chi connectivity index (χ1) is 16.6. The van der Waals surface area contributed by atoms with Gasteiger partial charge in [0.15, 0.2) is 5.82 Å². The molecule has 182 valence electrons. The Kier molecular flexibility index (Phi) is 8.69. The molecule has 4 rings (SSSR count). The lowest BCUT2D eigenvalue weighted by molar-refractivity contribution is 0.0672. The molecule has 5 nitrogen and oxygen atoms in total. The van der Waals surface area contributed by atoms with Crippen molar-refractivity contribution in [2.24, 2.45) is 11.8 Å². The van der Waals surface area contributed by atoms with Gasteiger partial charge >= 0.3 is 0 Å². The Bertz CT molecular complexity index is 1090. The van der Waals surface area contributed by atoms with Crippen LogP contribution in [-0.4, -0.2) is 59.1 Å². The van der Waals surface area contributed by atoms with Crippen molar-refractivity contribution >= 4 is 22.7 Å². The molecule has 34 heavy (non-hydrogen) atoms. The third-order valence-electron chi connectivity index (χ3n) is 6.69. The Balaban J connectivity index is 1.30. The number of piperidine rings is 1. The maximum Gasteiger partial charge on any atom is 0.155 e. The average Bonchev–Trinajstić information content (AvgIpc) is 2.88. The van der Waals surface area contributed by atoms with Gasteiger partial charge in [-0.25, -0.2) is 13.8 Å². The molecular formula is C26H31F2N3O2S. The van der Waals surface area contributed by atoms with Gasteiger partial charge in [0, 0.05) is 43.2 Å². The largest absolute Gasteiger partial charge is 0.497 e. The summed E-state index contributed by atoms with van der Waals surface area (Å²) >= 11 is 1.41. The molecule has 1 aliphatic rings. The minimum Gasteiger partial charge on any atom is -0.497 e. The van der Waals surface area contributed by atoms with E-state index in [0.717, 1.165) is 49.1 Å². The molecule has 3 heterocycles. The fourth-order valence-electron chi connectivity index (χ4n) is 4.76. The second kappa shape index (κ2) is 11.9. The van der Waals surface area contributed by atoms with Crippen LogP contribution < -0.4 is 4.74 Å². The molecular weight excluding hydrogens is 456 g/mol. The number of aromatic nitrogens is 2. The Labute approximate surface area is 203 Å². The van der Waals surface area contributed by atoms with Crippen LogP contribution in [-0.2, 0) is 0 Å². The van der Waals surface area contributed by atoms with Gasteiger partial charge in [-0.15, -0.1) is 11.8 Å². The number of rotatable bonds is 10. The van der Waals surface area contributed by atoms with E-state index in [4.69, 9.17) is 4.74 Å². The van der Waals surface area contributed by atoms with E-state index < -0.39 is 6.17 Å². The van der Waals surface area contributed by atoms with E-state index in [2.05, 4.69) is 14.9 Å². The van der Waals surface area contributed by atoms with Gasteiger partial charge in [0.2, 0.25) is 0 Å². The third kappa shape index (κ3) is 6.03. The lowest BCUT2D eigenvalue weighted by atomic mass is 9.81. The molecule has 3 atom stereocenters. The molecule has 2 aromatic heterocycles. The van der Waals surface area contributed by atoms with Crippen LogP contribution in [0.5, 0.6) is 5.75 Å². The zero-order valence-electron chi connectivity index (χ0n) is 19.4. The average molecular weight is 488 g/mol. The van der Waals surface area contributed by atoms with Crippen LogP contribution in [0.3, 0.4) is 0 Å². The third-order valence-corrected chi connectivity index (χ3v) is 7.65. The summed E-state index contributed by atoms with van der Waals surface area (Å²) in [4.78, 5) is 10.7. The number of ether oxygens (including phenoxy) is 1. The molecule has 1 N–H and O–H groups in total. The highest BCUT2D eigenvalue weighted by atomic mass is 32.2. The van der Waals surface area contributed by atoms with Crippen molar-refractivity contribution in [1.82, 2.24) is 14.9 Å². The monoisotopic (exact) mass is 487 g/mol. The number of hydrogen-bond donors (Lipinski definition) is 1. The number of benzene rings is 1. The van der Waals surface area contributed by atoms with Gasteiger partial charge in [0.25, 0.3) is 0 Å². The second-order valence-corrected chi connectivity index (χ2v) is 9.84. The standard InChI is InChI=1S/C26H31F2N3O2S/c1-33-20-5-7-25-22(15-20)21(8-11-29-25)23(27)6-4-18-9-12-31(16-19(18)17-32)13-14-34-26-24(28)3-2-10-30-26/h2-3,5,7-8,10-11,15,18-19,23,32H,4,6,9,12-14,16-17H2,1H3/t18-,19-,23+/m1/s1. The SMILES string of the molecule is COc1ccc2nccc([C@@H](F)CC[C@@H]3CCN(CCSc4ncccc4F)C[C@@H]3CO)c2c1. The highest BCUT2D eigenvalue weighted by molar-refractivity contribution is 7.99. The smallest absolute Gasteiger partial charge is 0.155 e. The van der Waals surface area contributed by atoms with Crippen LogP contribution in [0, 0.1) is 17.7 Å². The van der Waals surface area contributed by atoms with E-state index in [1.54, 1.807) is 31.6 Å². The maximum atomic E-state index is 15.3. The molecule has 0 unspecified atom stereocenters. The number of alkyl halides is 1. The molecule has 1 fully saturated rings. The Morgan fingerprint density at radius 3 is 2.88 bits per heavy atom. The molecule has 8 heteroatoms. The number of nitrogens with zero attached hydrogens (tertiary/aromatic N) is 3. The van der Waals surface area contributed by atoms with Crippen molar-refractivity contribution in [3.8, 4) is 5.75 Å². The van der Waals surface area contributed by atoms with Crippen LogP contribution in [0.25, 0.3) is 10.9 Å². The van der Waals surface area contributed by atoms with Crippen LogP contribution >= 0.6 is 11.8 Å². The molecule has 0 saturated carbocycles. The summed E-state index contributed by atoms with van der Waals surface area (Å²) in [5, 5.41) is 11.2. The predicted molar refractivity (Wildman–Crippen MR) is 131 cm³/mol. The highest BCUT2D eigenvalue weighted by Gasteiger charge is 2.29. The van der Waals surface area contributed by atoms with Crippen LogP contribution in [0.2, 0.25) is 0 Å². The summed E-state index contributed by atoms with van der Waals surface area (Å²) in [6, 6.07) is 10.3. The Morgan fingerprint density at radius 1 is 1.21 bits per heavy atom. The van der Waals surface area contributed by atoms with E-state index in [1.807, 2.05) is 18.2 Å². The lowest BCUT2D eigenvalue weighted by Gasteiger charge is -2.38. The predicted octanol–water partition coefficient (Wildman–Crippen LogP) is 5.29. The summed E-state index contributed by atoms with van der Waals surface area (Å²) in [5.41, 5.74) is 1.40.